The third-order valence-corrected chi connectivity index (χ3v) is 5.13. The van der Waals surface area contributed by atoms with E-state index in [-0.39, 0.29) is 16.3 Å². The molecule has 6 nitrogen and oxygen atoms in total. The maximum atomic E-state index is 12.5. The zero-order valence-electron chi connectivity index (χ0n) is 13.7. The Bertz CT molecular complexity index is 1100. The summed E-state index contributed by atoms with van der Waals surface area (Å²) in [5, 5.41) is 11.4. The lowest BCUT2D eigenvalue weighted by Gasteiger charge is -2.02. The molecule has 1 aromatic heterocycles. The fourth-order valence-electron chi connectivity index (χ4n) is 2.77. The molecule has 1 amide bonds. The van der Waals surface area contributed by atoms with Crippen molar-refractivity contribution in [1.29, 1.82) is 0 Å². The van der Waals surface area contributed by atoms with Crippen LogP contribution in [0.5, 0.6) is 0 Å². The number of nitro benzene ring substituents is 1. The average Bonchev–Trinajstić information content (AvgIpc) is 2.82. The third kappa shape index (κ3) is 3.20. The maximum absolute atomic E-state index is 12.5. The molecule has 3 rings (SSSR count). The highest BCUT2D eigenvalue weighted by molar-refractivity contribution is 7.16. The van der Waals surface area contributed by atoms with Gasteiger partial charge in [-0.15, -0.1) is 0 Å². The number of fused-ring (bicyclic) bond motifs is 1. The molecule has 1 heterocycles. The van der Waals surface area contributed by atoms with Gasteiger partial charge in [0.05, 0.1) is 15.1 Å². The number of aryl methyl sites for hydroxylation is 3. The highest BCUT2D eigenvalue weighted by Gasteiger charge is 2.20. The Morgan fingerprint density at radius 3 is 2.68 bits per heavy atom. The smallest absolute Gasteiger partial charge is 0.286 e. The van der Waals surface area contributed by atoms with E-state index in [0.29, 0.717) is 4.80 Å². The predicted molar refractivity (Wildman–Crippen MR) is 98.3 cm³/mol. The molecule has 0 saturated carbocycles. The van der Waals surface area contributed by atoms with Crippen LogP contribution in [0.25, 0.3) is 10.2 Å². The van der Waals surface area contributed by atoms with Gasteiger partial charge in [0, 0.05) is 18.1 Å². The van der Waals surface area contributed by atoms with Crippen molar-refractivity contribution in [3.05, 3.63) is 67.0 Å². The lowest BCUT2D eigenvalue weighted by Crippen LogP contribution is -2.14. The van der Waals surface area contributed by atoms with Crippen LogP contribution >= 0.6 is 22.9 Å². The summed E-state index contributed by atoms with van der Waals surface area (Å²) in [6.07, 6.45) is 0. The summed E-state index contributed by atoms with van der Waals surface area (Å²) in [5.41, 5.74) is 2.76. The van der Waals surface area contributed by atoms with Gasteiger partial charge in [0.1, 0.15) is 5.56 Å². The zero-order valence-corrected chi connectivity index (χ0v) is 15.3. The lowest BCUT2D eigenvalue weighted by molar-refractivity contribution is -0.385. The van der Waals surface area contributed by atoms with E-state index >= 15 is 0 Å². The topological polar surface area (TPSA) is 77.5 Å². The number of amides is 1. The van der Waals surface area contributed by atoms with Gasteiger partial charge in [-0.05, 0) is 43.2 Å². The van der Waals surface area contributed by atoms with Crippen molar-refractivity contribution in [2.24, 2.45) is 12.0 Å². The summed E-state index contributed by atoms with van der Waals surface area (Å²) in [4.78, 5) is 27.6. The molecule has 0 bridgehead atoms. The number of thiazole rings is 1. The second kappa shape index (κ2) is 6.42. The van der Waals surface area contributed by atoms with Crippen molar-refractivity contribution >= 4 is 44.7 Å². The van der Waals surface area contributed by atoms with Crippen LogP contribution in [0.1, 0.15) is 21.5 Å². The van der Waals surface area contributed by atoms with Crippen LogP contribution in [0, 0.1) is 24.0 Å². The fourth-order valence-corrected chi connectivity index (χ4v) is 4.14. The van der Waals surface area contributed by atoms with Gasteiger partial charge in [-0.2, -0.15) is 4.99 Å². The molecule has 0 atom stereocenters. The van der Waals surface area contributed by atoms with Gasteiger partial charge in [-0.3, -0.25) is 14.9 Å². The molecule has 0 N–H and O–H groups in total. The monoisotopic (exact) mass is 375 g/mol. The number of hydrogen-bond donors (Lipinski definition) is 0. The Morgan fingerprint density at radius 1 is 1.28 bits per heavy atom. The molecule has 8 heteroatoms. The summed E-state index contributed by atoms with van der Waals surface area (Å²) in [6, 6.07) is 7.95. The van der Waals surface area contributed by atoms with Gasteiger partial charge in [-0.25, -0.2) is 0 Å². The Balaban J connectivity index is 2.19. The first kappa shape index (κ1) is 17.3. The predicted octanol–water partition coefficient (Wildman–Crippen LogP) is 4.16. The fraction of sp³-hybridized carbons (Fsp3) is 0.176. The molecule has 25 heavy (non-hydrogen) atoms. The number of nitrogens with zero attached hydrogens (tertiary/aromatic N) is 3. The minimum absolute atomic E-state index is 0.122. The van der Waals surface area contributed by atoms with Crippen LogP contribution in [-0.4, -0.2) is 15.4 Å². The number of carbonyl (C=O) groups is 1. The van der Waals surface area contributed by atoms with Gasteiger partial charge in [-0.1, -0.05) is 29.0 Å². The quantitative estimate of drug-likeness (QED) is 0.498. The lowest BCUT2D eigenvalue weighted by atomic mass is 10.1. The van der Waals surface area contributed by atoms with E-state index in [9.17, 15) is 14.9 Å². The minimum atomic E-state index is -0.689. The van der Waals surface area contributed by atoms with Crippen molar-refractivity contribution in [2.45, 2.75) is 13.8 Å². The first-order chi connectivity index (χ1) is 11.8. The van der Waals surface area contributed by atoms with Gasteiger partial charge in [0.15, 0.2) is 4.80 Å². The van der Waals surface area contributed by atoms with Crippen molar-refractivity contribution in [1.82, 2.24) is 4.57 Å². The molecular formula is C17H14ClN3O3S. The first-order valence-electron chi connectivity index (χ1n) is 7.37. The van der Waals surface area contributed by atoms with Crippen LogP contribution in [-0.2, 0) is 7.05 Å². The molecule has 0 radical (unpaired) electrons. The Kier molecular flexibility index (Phi) is 4.45. The summed E-state index contributed by atoms with van der Waals surface area (Å²) >= 11 is 7.25. The zero-order chi connectivity index (χ0) is 18.3. The van der Waals surface area contributed by atoms with Crippen molar-refractivity contribution < 1.29 is 9.72 Å². The number of halogens is 1. The summed E-state index contributed by atoms with van der Waals surface area (Å²) in [7, 11) is 1.82. The van der Waals surface area contributed by atoms with Crippen LogP contribution in [0.15, 0.2) is 35.3 Å². The molecule has 2 aromatic carbocycles. The van der Waals surface area contributed by atoms with Crippen LogP contribution in [0.3, 0.4) is 0 Å². The Hall–Kier alpha value is -2.51. The van der Waals surface area contributed by atoms with Crippen LogP contribution in [0.4, 0.5) is 5.69 Å². The molecule has 0 aliphatic carbocycles. The highest BCUT2D eigenvalue weighted by Crippen LogP contribution is 2.25. The number of hydrogen-bond acceptors (Lipinski definition) is 4. The van der Waals surface area contributed by atoms with Gasteiger partial charge in [0.2, 0.25) is 0 Å². The molecular weight excluding hydrogens is 362 g/mol. The summed E-state index contributed by atoms with van der Waals surface area (Å²) in [6.45, 7) is 4.00. The molecule has 0 spiro atoms. The van der Waals surface area contributed by atoms with E-state index in [1.54, 1.807) is 0 Å². The van der Waals surface area contributed by atoms with Gasteiger partial charge in [0.25, 0.3) is 11.6 Å². The van der Waals surface area contributed by atoms with Crippen molar-refractivity contribution in [2.75, 3.05) is 0 Å². The highest BCUT2D eigenvalue weighted by atomic mass is 35.5. The van der Waals surface area contributed by atoms with E-state index in [1.807, 2.05) is 31.5 Å². The first-order valence-corrected chi connectivity index (χ1v) is 8.57. The maximum Gasteiger partial charge on any atom is 0.286 e. The normalized spacial score (nSPS) is 11.9. The largest absolute Gasteiger partial charge is 0.319 e. The standard InChI is InChI=1S/C17H14ClN3O3S/c1-9-6-10(2)15-14(7-9)25-17(20(15)3)19-16(22)12-8-11(18)4-5-13(12)21(23)24/h4-8H,1-3H3. The SMILES string of the molecule is Cc1cc(C)c2c(c1)sc(=NC(=O)c1cc(Cl)ccc1[N+](=O)[O-])n2C. The van der Waals surface area contributed by atoms with E-state index in [2.05, 4.69) is 11.1 Å². The molecule has 0 aliphatic rings. The third-order valence-electron chi connectivity index (χ3n) is 3.82. The Morgan fingerprint density at radius 2 is 2.00 bits per heavy atom. The second-order valence-corrected chi connectivity index (χ2v) is 7.15. The summed E-state index contributed by atoms with van der Waals surface area (Å²) < 4.78 is 2.83. The van der Waals surface area contributed by atoms with E-state index in [0.717, 1.165) is 21.3 Å². The Labute approximate surface area is 152 Å². The molecule has 0 aliphatic heterocycles. The number of nitro groups is 1. The minimum Gasteiger partial charge on any atom is -0.319 e. The molecule has 0 saturated heterocycles. The molecule has 0 unspecified atom stereocenters. The number of rotatable bonds is 2. The van der Waals surface area contributed by atoms with Crippen molar-refractivity contribution in [3.63, 3.8) is 0 Å². The molecule has 0 fully saturated rings. The second-order valence-electron chi connectivity index (χ2n) is 5.71. The van der Waals surface area contributed by atoms with Gasteiger partial charge < -0.3 is 4.57 Å². The molecule has 3 aromatic rings. The van der Waals surface area contributed by atoms with E-state index in [1.165, 1.54) is 29.5 Å². The van der Waals surface area contributed by atoms with Crippen molar-refractivity contribution in [3.8, 4) is 0 Å². The number of benzene rings is 2. The summed E-state index contributed by atoms with van der Waals surface area (Å²) in [5.74, 6) is -0.689. The van der Waals surface area contributed by atoms with E-state index < -0.39 is 10.8 Å². The number of aromatic nitrogens is 1. The van der Waals surface area contributed by atoms with Gasteiger partial charge >= 0.3 is 0 Å². The van der Waals surface area contributed by atoms with E-state index in [4.69, 9.17) is 11.6 Å². The van der Waals surface area contributed by atoms with Crippen LogP contribution < -0.4 is 4.80 Å². The van der Waals surface area contributed by atoms with Crippen LogP contribution in [0.2, 0.25) is 5.02 Å². The average molecular weight is 376 g/mol. The number of carbonyl (C=O) groups excluding carboxylic acids is 1. The molecule has 128 valence electrons.